The summed E-state index contributed by atoms with van der Waals surface area (Å²) in [5, 5.41) is 10.9. The minimum Gasteiger partial charge on any atom is -0.444 e. The maximum absolute atomic E-state index is 11.9. The molecule has 0 saturated heterocycles. The molecule has 124 valence electrons. The van der Waals surface area contributed by atoms with Gasteiger partial charge in [0.05, 0.1) is 6.54 Å². The van der Waals surface area contributed by atoms with E-state index >= 15 is 0 Å². The Morgan fingerprint density at radius 1 is 1.50 bits per heavy atom. The normalized spacial score (nSPS) is 18.4. The SMILES string of the molecule is CC(NC(=O)OC(C)(C)C)C(CN)N1CCn2cnnc2C1. The number of hydrogen-bond donors (Lipinski definition) is 2. The van der Waals surface area contributed by atoms with Crippen molar-refractivity contribution in [1.82, 2.24) is 25.0 Å². The number of nitrogens with zero attached hydrogens (tertiary/aromatic N) is 4. The van der Waals surface area contributed by atoms with E-state index in [1.807, 2.05) is 32.3 Å². The van der Waals surface area contributed by atoms with Gasteiger partial charge in [0.2, 0.25) is 0 Å². The maximum Gasteiger partial charge on any atom is 0.407 e. The molecule has 8 heteroatoms. The van der Waals surface area contributed by atoms with Crippen LogP contribution in [0.25, 0.3) is 0 Å². The number of amides is 1. The van der Waals surface area contributed by atoms with Crippen molar-refractivity contribution in [2.45, 2.75) is 58.5 Å². The molecule has 0 radical (unpaired) electrons. The minimum absolute atomic E-state index is 0.0259. The van der Waals surface area contributed by atoms with E-state index in [0.29, 0.717) is 13.1 Å². The zero-order chi connectivity index (χ0) is 16.3. The molecule has 2 unspecified atom stereocenters. The molecule has 0 saturated carbocycles. The fourth-order valence-corrected chi connectivity index (χ4v) is 2.63. The van der Waals surface area contributed by atoms with Crippen LogP contribution in [-0.4, -0.2) is 56.5 Å². The highest BCUT2D eigenvalue weighted by Crippen LogP contribution is 2.15. The molecule has 0 fully saturated rings. The molecule has 8 nitrogen and oxygen atoms in total. The van der Waals surface area contributed by atoms with Crippen LogP contribution in [0.5, 0.6) is 0 Å². The van der Waals surface area contributed by atoms with Crippen LogP contribution in [0, 0.1) is 0 Å². The van der Waals surface area contributed by atoms with E-state index in [-0.39, 0.29) is 12.1 Å². The van der Waals surface area contributed by atoms with Gasteiger partial charge in [-0.1, -0.05) is 0 Å². The molecular formula is C14H26N6O2. The van der Waals surface area contributed by atoms with Crippen molar-refractivity contribution < 1.29 is 9.53 Å². The summed E-state index contributed by atoms with van der Waals surface area (Å²) in [7, 11) is 0. The maximum atomic E-state index is 11.9. The summed E-state index contributed by atoms with van der Waals surface area (Å²) in [5.74, 6) is 0.925. The van der Waals surface area contributed by atoms with Crippen LogP contribution >= 0.6 is 0 Å². The largest absolute Gasteiger partial charge is 0.444 e. The third kappa shape index (κ3) is 4.17. The summed E-state index contributed by atoms with van der Waals surface area (Å²) >= 11 is 0. The first-order valence-corrected chi connectivity index (χ1v) is 7.60. The standard InChI is InChI=1S/C14H26N6O2/c1-10(17-13(21)22-14(2,3)4)11(7-15)19-5-6-20-9-16-18-12(20)8-19/h9-11H,5-8,15H2,1-4H3,(H,17,21). The number of nitrogens with two attached hydrogens (primary N) is 1. The predicted molar refractivity (Wildman–Crippen MR) is 82.1 cm³/mol. The molecule has 1 aliphatic heterocycles. The topological polar surface area (TPSA) is 98.3 Å². The highest BCUT2D eigenvalue weighted by molar-refractivity contribution is 5.68. The first-order valence-electron chi connectivity index (χ1n) is 7.60. The monoisotopic (exact) mass is 310 g/mol. The zero-order valence-electron chi connectivity index (χ0n) is 13.7. The van der Waals surface area contributed by atoms with Gasteiger partial charge in [-0.3, -0.25) is 4.90 Å². The summed E-state index contributed by atoms with van der Waals surface area (Å²) in [4.78, 5) is 14.1. The number of hydrogen-bond acceptors (Lipinski definition) is 6. The van der Waals surface area contributed by atoms with Crippen molar-refractivity contribution in [2.75, 3.05) is 13.1 Å². The molecule has 0 spiro atoms. The Kier molecular flexibility index (Phi) is 5.02. The van der Waals surface area contributed by atoms with Crippen LogP contribution in [0.3, 0.4) is 0 Å². The Labute approximate surface area is 131 Å². The third-order valence-corrected chi connectivity index (χ3v) is 3.70. The Hall–Kier alpha value is -1.67. The number of carbonyl (C=O) groups is 1. The van der Waals surface area contributed by atoms with Crippen LogP contribution in [0.15, 0.2) is 6.33 Å². The molecule has 1 aromatic rings. The van der Waals surface area contributed by atoms with Gasteiger partial charge >= 0.3 is 6.09 Å². The van der Waals surface area contributed by atoms with Gasteiger partial charge in [0.1, 0.15) is 17.8 Å². The smallest absolute Gasteiger partial charge is 0.407 e. The van der Waals surface area contributed by atoms with E-state index in [0.717, 1.165) is 18.9 Å². The number of nitrogens with one attached hydrogen (secondary N) is 1. The number of ether oxygens (including phenoxy) is 1. The summed E-state index contributed by atoms with van der Waals surface area (Å²) in [6.07, 6.45) is 1.32. The van der Waals surface area contributed by atoms with E-state index in [2.05, 4.69) is 20.4 Å². The molecule has 3 N–H and O–H groups in total. The highest BCUT2D eigenvalue weighted by atomic mass is 16.6. The Balaban J connectivity index is 1.95. The second-order valence-electron chi connectivity index (χ2n) is 6.65. The van der Waals surface area contributed by atoms with Crippen LogP contribution in [0.1, 0.15) is 33.5 Å². The lowest BCUT2D eigenvalue weighted by Crippen LogP contribution is -2.55. The van der Waals surface area contributed by atoms with Gasteiger partial charge in [0, 0.05) is 31.7 Å². The first kappa shape index (κ1) is 16.7. The molecular weight excluding hydrogens is 284 g/mol. The van der Waals surface area contributed by atoms with Crippen molar-refractivity contribution in [3.8, 4) is 0 Å². The number of rotatable bonds is 4. The molecule has 2 heterocycles. The molecule has 22 heavy (non-hydrogen) atoms. The quantitative estimate of drug-likeness (QED) is 0.832. The van der Waals surface area contributed by atoms with Gasteiger partial charge in [-0.15, -0.1) is 10.2 Å². The second-order valence-corrected chi connectivity index (χ2v) is 6.65. The van der Waals surface area contributed by atoms with E-state index in [1.54, 1.807) is 6.33 Å². The Bertz CT molecular complexity index is 510. The summed E-state index contributed by atoms with van der Waals surface area (Å²) < 4.78 is 7.34. The van der Waals surface area contributed by atoms with E-state index < -0.39 is 11.7 Å². The van der Waals surface area contributed by atoms with E-state index in [9.17, 15) is 4.79 Å². The lowest BCUT2D eigenvalue weighted by Gasteiger charge is -2.37. The van der Waals surface area contributed by atoms with Crippen LogP contribution in [-0.2, 0) is 17.8 Å². The number of aromatic nitrogens is 3. The van der Waals surface area contributed by atoms with Crippen molar-refractivity contribution in [1.29, 1.82) is 0 Å². The fourth-order valence-electron chi connectivity index (χ4n) is 2.63. The van der Waals surface area contributed by atoms with Gasteiger partial charge < -0.3 is 20.4 Å². The number of alkyl carbamates (subject to hydrolysis) is 1. The average Bonchev–Trinajstić information content (AvgIpc) is 2.84. The minimum atomic E-state index is -0.510. The van der Waals surface area contributed by atoms with Gasteiger partial charge in [-0.2, -0.15) is 0 Å². The average molecular weight is 310 g/mol. The van der Waals surface area contributed by atoms with Gasteiger partial charge in [0.15, 0.2) is 0 Å². The predicted octanol–water partition coefficient (Wildman–Crippen LogP) is 0.334. The molecule has 1 aliphatic rings. The van der Waals surface area contributed by atoms with Crippen LogP contribution in [0.4, 0.5) is 4.79 Å². The summed E-state index contributed by atoms with van der Waals surface area (Å²) in [6.45, 7) is 10.3. The lowest BCUT2D eigenvalue weighted by atomic mass is 10.1. The van der Waals surface area contributed by atoms with Crippen LogP contribution in [0.2, 0.25) is 0 Å². The molecule has 0 aromatic carbocycles. The number of carbonyl (C=O) groups excluding carboxylic acids is 1. The van der Waals surface area contributed by atoms with Crippen LogP contribution < -0.4 is 11.1 Å². The van der Waals surface area contributed by atoms with E-state index in [1.165, 1.54) is 0 Å². The highest BCUT2D eigenvalue weighted by Gasteiger charge is 2.29. The Morgan fingerprint density at radius 2 is 2.23 bits per heavy atom. The molecule has 0 aliphatic carbocycles. The van der Waals surface area contributed by atoms with Gasteiger partial charge in [0.25, 0.3) is 0 Å². The molecule has 1 aromatic heterocycles. The zero-order valence-corrected chi connectivity index (χ0v) is 13.7. The second kappa shape index (κ2) is 6.62. The molecule has 1 amide bonds. The Morgan fingerprint density at radius 3 is 2.86 bits per heavy atom. The number of fused-ring (bicyclic) bond motifs is 1. The molecule has 0 bridgehead atoms. The molecule has 2 rings (SSSR count). The van der Waals surface area contributed by atoms with Crippen molar-refractivity contribution in [3.05, 3.63) is 12.2 Å². The lowest BCUT2D eigenvalue weighted by molar-refractivity contribution is 0.0456. The molecule has 2 atom stereocenters. The van der Waals surface area contributed by atoms with E-state index in [4.69, 9.17) is 10.5 Å². The van der Waals surface area contributed by atoms with Crippen molar-refractivity contribution >= 4 is 6.09 Å². The van der Waals surface area contributed by atoms with Gasteiger partial charge in [-0.05, 0) is 27.7 Å². The summed E-state index contributed by atoms with van der Waals surface area (Å²) in [5.41, 5.74) is 5.42. The third-order valence-electron chi connectivity index (χ3n) is 3.70. The van der Waals surface area contributed by atoms with Crippen molar-refractivity contribution in [3.63, 3.8) is 0 Å². The van der Waals surface area contributed by atoms with Crippen molar-refractivity contribution in [2.24, 2.45) is 5.73 Å². The summed E-state index contributed by atoms with van der Waals surface area (Å²) in [6, 6.07) is -0.0905. The van der Waals surface area contributed by atoms with Gasteiger partial charge in [-0.25, -0.2) is 4.79 Å². The fraction of sp³-hybridized carbons (Fsp3) is 0.786. The first-order chi connectivity index (χ1) is 10.3.